The average molecular weight is 592 g/mol. The molecule has 4 aromatic rings. The van der Waals surface area contributed by atoms with Crippen LogP contribution < -0.4 is 9.46 Å². The molecule has 1 aromatic carbocycles. The number of ether oxygens (including phenoxy) is 2. The summed E-state index contributed by atoms with van der Waals surface area (Å²) in [6.45, 7) is 4.80. The molecular weight excluding hydrogens is 568 g/mol. The fraction of sp³-hybridized carbons (Fsp3) is 0.320. The molecule has 0 aliphatic carbocycles. The molecule has 40 heavy (non-hydrogen) atoms. The Balaban J connectivity index is 1.58. The number of hydrogen-bond donors (Lipinski definition) is 1. The Morgan fingerprint density at radius 2 is 1.88 bits per heavy atom. The fourth-order valence-corrected chi connectivity index (χ4v) is 5.48. The lowest BCUT2D eigenvalue weighted by Crippen LogP contribution is -2.35. The number of nitrogens with one attached hydrogen (secondary N) is 1. The second-order valence-corrected chi connectivity index (χ2v) is 11.8. The molecule has 0 unspecified atom stereocenters. The molecule has 1 aliphatic rings. The first kappa shape index (κ1) is 27.8. The van der Waals surface area contributed by atoms with Crippen molar-refractivity contribution in [2.75, 3.05) is 11.3 Å². The van der Waals surface area contributed by atoms with E-state index in [9.17, 15) is 17.2 Å². The quantitative estimate of drug-likeness (QED) is 0.317. The number of aromatic nitrogens is 6. The van der Waals surface area contributed by atoms with Gasteiger partial charge in [-0.1, -0.05) is 17.7 Å². The van der Waals surface area contributed by atoms with Gasteiger partial charge >= 0.3 is 0 Å². The highest BCUT2D eigenvalue weighted by Crippen LogP contribution is 2.39. The van der Waals surface area contributed by atoms with Crippen LogP contribution in [0.2, 0.25) is 5.02 Å². The Hall–Kier alpha value is -3.75. The van der Waals surface area contributed by atoms with Gasteiger partial charge < -0.3 is 9.47 Å². The van der Waals surface area contributed by atoms with E-state index in [1.807, 2.05) is 0 Å². The summed E-state index contributed by atoms with van der Waals surface area (Å²) in [5.41, 5.74) is 0.508. The van der Waals surface area contributed by atoms with Crippen LogP contribution in [0.25, 0.3) is 11.4 Å². The van der Waals surface area contributed by atoms with Gasteiger partial charge in [0.05, 0.1) is 22.9 Å². The lowest BCUT2D eigenvalue weighted by Gasteiger charge is -2.26. The lowest BCUT2D eigenvalue weighted by atomic mass is 10.1. The van der Waals surface area contributed by atoms with Crippen LogP contribution in [0.5, 0.6) is 5.75 Å². The predicted octanol–water partition coefficient (Wildman–Crippen LogP) is 4.34. The summed E-state index contributed by atoms with van der Waals surface area (Å²) in [5.74, 6) is -1.15. The van der Waals surface area contributed by atoms with Crippen LogP contribution in [0.4, 0.5) is 14.7 Å². The largest absolute Gasteiger partial charge is 0.489 e. The first-order valence-corrected chi connectivity index (χ1v) is 14.1. The summed E-state index contributed by atoms with van der Waals surface area (Å²) >= 11 is 5.91. The van der Waals surface area contributed by atoms with E-state index in [1.54, 1.807) is 19.9 Å². The third kappa shape index (κ3) is 5.46. The van der Waals surface area contributed by atoms with Gasteiger partial charge in [-0.2, -0.15) is 0 Å². The molecule has 1 N–H and O–H groups in total. The highest BCUT2D eigenvalue weighted by molar-refractivity contribution is 7.93. The molecule has 0 fully saturated rings. The zero-order valence-corrected chi connectivity index (χ0v) is 23.1. The average Bonchev–Trinajstić information content (AvgIpc) is 3.23. The third-order valence-electron chi connectivity index (χ3n) is 6.21. The summed E-state index contributed by atoms with van der Waals surface area (Å²) in [5, 5.41) is 7.35. The molecule has 15 heteroatoms. The standard InChI is InChI=1S/C25H24ClF2N7O4S/c1-13(2)39-22(23-30-9-15(26)10-31-23)14(3)40(36,37)34-25-33-32-24-18-6-7-29-11-21(18)38-12-20(35(24)25)17-5-4-16(27)8-19(17)28/h4-11,13-14,20,22H,12H2,1-3H3,(H,33,34)/t14-,20+,22+/m0/s1. The smallest absolute Gasteiger partial charge is 0.240 e. The van der Waals surface area contributed by atoms with Crippen molar-refractivity contribution in [1.29, 1.82) is 0 Å². The molecule has 0 bridgehead atoms. The van der Waals surface area contributed by atoms with Crippen molar-refractivity contribution in [3.05, 3.63) is 77.1 Å². The van der Waals surface area contributed by atoms with Crippen LogP contribution in [0.1, 0.15) is 44.3 Å². The van der Waals surface area contributed by atoms with Crippen molar-refractivity contribution in [2.24, 2.45) is 0 Å². The summed E-state index contributed by atoms with van der Waals surface area (Å²) in [4.78, 5) is 12.4. The van der Waals surface area contributed by atoms with Crippen molar-refractivity contribution in [2.45, 2.75) is 44.3 Å². The molecule has 1 aliphatic heterocycles. The maximum atomic E-state index is 15.0. The van der Waals surface area contributed by atoms with Gasteiger partial charge in [0.15, 0.2) is 11.6 Å². The van der Waals surface area contributed by atoms with Crippen LogP contribution in [0, 0.1) is 11.6 Å². The van der Waals surface area contributed by atoms with Crippen molar-refractivity contribution < 1.29 is 26.7 Å². The SMILES string of the molecule is CC(C)O[C@@H](c1ncc(Cl)cn1)[C@H](C)S(=O)(=O)Nc1nnc2n1[C@@H](c1ccc(F)cc1F)COc1cnccc1-2. The first-order valence-electron chi connectivity index (χ1n) is 12.2. The van der Waals surface area contributed by atoms with Gasteiger partial charge in [0, 0.05) is 30.2 Å². The van der Waals surface area contributed by atoms with Gasteiger partial charge in [0.2, 0.25) is 16.0 Å². The van der Waals surface area contributed by atoms with E-state index in [1.165, 1.54) is 42.3 Å². The van der Waals surface area contributed by atoms with E-state index in [0.717, 1.165) is 12.1 Å². The molecular formula is C25H24ClF2N7O4S. The molecule has 210 valence electrons. The predicted molar refractivity (Wildman–Crippen MR) is 141 cm³/mol. The molecule has 5 rings (SSSR count). The van der Waals surface area contributed by atoms with E-state index in [0.29, 0.717) is 11.3 Å². The molecule has 3 aromatic heterocycles. The number of fused-ring (bicyclic) bond motifs is 3. The summed E-state index contributed by atoms with van der Waals surface area (Å²) in [7, 11) is -4.25. The zero-order chi connectivity index (χ0) is 28.6. The van der Waals surface area contributed by atoms with E-state index in [4.69, 9.17) is 21.1 Å². The number of hydrogen-bond acceptors (Lipinski definition) is 9. The number of sulfonamides is 1. The number of anilines is 1. The highest BCUT2D eigenvalue weighted by atomic mass is 35.5. The Morgan fingerprint density at radius 1 is 1.12 bits per heavy atom. The maximum absolute atomic E-state index is 15.0. The molecule has 3 atom stereocenters. The summed E-state index contributed by atoms with van der Waals surface area (Å²) in [6, 6.07) is 3.76. The number of pyridine rings is 1. The van der Waals surface area contributed by atoms with Gasteiger partial charge in [0.25, 0.3) is 0 Å². The van der Waals surface area contributed by atoms with Crippen molar-refractivity contribution in [1.82, 2.24) is 29.7 Å². The molecule has 0 radical (unpaired) electrons. The van der Waals surface area contributed by atoms with Crippen LogP contribution >= 0.6 is 11.6 Å². The van der Waals surface area contributed by atoms with Gasteiger partial charge in [-0.25, -0.2) is 27.2 Å². The Bertz CT molecular complexity index is 1640. The van der Waals surface area contributed by atoms with Crippen molar-refractivity contribution in [3.63, 3.8) is 0 Å². The minimum Gasteiger partial charge on any atom is -0.489 e. The second kappa shape index (κ2) is 11.0. The van der Waals surface area contributed by atoms with Gasteiger partial charge in [-0.3, -0.25) is 14.3 Å². The topological polar surface area (TPSA) is 134 Å². The van der Waals surface area contributed by atoms with Gasteiger partial charge in [-0.15, -0.1) is 10.2 Å². The highest BCUT2D eigenvalue weighted by Gasteiger charge is 2.37. The number of halogens is 3. The molecule has 0 saturated carbocycles. The summed E-state index contributed by atoms with van der Waals surface area (Å²) in [6.07, 6.45) is 4.23. The van der Waals surface area contributed by atoms with Crippen LogP contribution in [-0.4, -0.2) is 56.1 Å². The zero-order valence-electron chi connectivity index (χ0n) is 21.5. The Kier molecular flexibility index (Phi) is 7.66. The van der Waals surface area contributed by atoms with E-state index < -0.39 is 39.1 Å². The lowest BCUT2D eigenvalue weighted by molar-refractivity contribution is 0.00154. The van der Waals surface area contributed by atoms with Crippen molar-refractivity contribution >= 4 is 27.6 Å². The summed E-state index contributed by atoms with van der Waals surface area (Å²) < 4.78 is 71.8. The first-order chi connectivity index (χ1) is 19.0. The molecule has 0 saturated heterocycles. The normalized spacial score (nSPS) is 16.4. The molecule has 4 heterocycles. The van der Waals surface area contributed by atoms with E-state index in [-0.39, 0.29) is 40.9 Å². The minimum atomic E-state index is -4.25. The fourth-order valence-electron chi connectivity index (χ4n) is 4.29. The third-order valence-corrected chi connectivity index (χ3v) is 8.10. The number of nitrogens with zero attached hydrogens (tertiary/aromatic N) is 6. The second-order valence-electron chi connectivity index (χ2n) is 9.30. The number of benzene rings is 1. The van der Waals surface area contributed by atoms with E-state index in [2.05, 4.69) is 29.9 Å². The van der Waals surface area contributed by atoms with Gasteiger partial charge in [-0.05, 0) is 32.9 Å². The van der Waals surface area contributed by atoms with Crippen LogP contribution in [0.15, 0.2) is 49.1 Å². The van der Waals surface area contributed by atoms with Crippen molar-refractivity contribution in [3.8, 4) is 17.1 Å². The molecule has 0 spiro atoms. The molecule has 11 nitrogen and oxygen atoms in total. The minimum absolute atomic E-state index is 0.0484. The Labute approximate surface area is 233 Å². The van der Waals surface area contributed by atoms with E-state index >= 15 is 0 Å². The Morgan fingerprint density at radius 3 is 2.58 bits per heavy atom. The van der Waals surface area contributed by atoms with Gasteiger partial charge in [0.1, 0.15) is 41.4 Å². The van der Waals surface area contributed by atoms with Crippen LogP contribution in [0.3, 0.4) is 0 Å². The monoisotopic (exact) mass is 591 g/mol. The maximum Gasteiger partial charge on any atom is 0.240 e. The number of rotatable bonds is 8. The molecule has 0 amide bonds. The van der Waals surface area contributed by atoms with Crippen LogP contribution in [-0.2, 0) is 14.8 Å².